The van der Waals surface area contributed by atoms with Gasteiger partial charge in [0, 0.05) is 17.6 Å². The summed E-state index contributed by atoms with van der Waals surface area (Å²) in [6.45, 7) is 4.99. The van der Waals surface area contributed by atoms with E-state index in [0.717, 1.165) is 12.8 Å². The van der Waals surface area contributed by atoms with E-state index >= 15 is 0 Å². The van der Waals surface area contributed by atoms with Crippen molar-refractivity contribution in [2.75, 3.05) is 11.9 Å². The molecule has 0 spiro atoms. The fourth-order valence-corrected chi connectivity index (χ4v) is 2.76. The smallest absolute Gasteiger partial charge is 0.0809 e. The molecule has 15 heavy (non-hydrogen) atoms. The average Bonchev–Trinajstić information content (AvgIpc) is 2.30. The molecule has 0 radical (unpaired) electrons. The van der Waals surface area contributed by atoms with Gasteiger partial charge in [-0.25, -0.2) is 0 Å². The van der Waals surface area contributed by atoms with E-state index < -0.39 is 0 Å². The number of nitrogens with one attached hydrogen (secondary N) is 1. The van der Waals surface area contributed by atoms with E-state index in [4.69, 9.17) is 0 Å². The SMILES string of the molecule is CCC1(CC)c2ccccc2NCC1O. The maximum absolute atomic E-state index is 10.2. The molecular formula is C13H19NO. The molecule has 1 atom stereocenters. The zero-order valence-corrected chi connectivity index (χ0v) is 9.46. The third-order valence-corrected chi connectivity index (χ3v) is 3.85. The number of benzene rings is 1. The molecule has 2 nitrogen and oxygen atoms in total. The molecule has 0 aromatic heterocycles. The molecule has 1 unspecified atom stereocenters. The molecule has 1 aromatic rings. The molecule has 1 aliphatic rings. The van der Waals surface area contributed by atoms with E-state index in [9.17, 15) is 5.11 Å². The van der Waals surface area contributed by atoms with Gasteiger partial charge in [0.1, 0.15) is 0 Å². The van der Waals surface area contributed by atoms with E-state index in [1.807, 2.05) is 6.07 Å². The van der Waals surface area contributed by atoms with Gasteiger partial charge in [0.15, 0.2) is 0 Å². The third kappa shape index (κ3) is 1.44. The summed E-state index contributed by atoms with van der Waals surface area (Å²) in [7, 11) is 0. The van der Waals surface area contributed by atoms with Crippen LogP contribution in [0.5, 0.6) is 0 Å². The van der Waals surface area contributed by atoms with Crippen LogP contribution in [0.15, 0.2) is 24.3 Å². The fourth-order valence-electron chi connectivity index (χ4n) is 2.76. The van der Waals surface area contributed by atoms with Crippen molar-refractivity contribution in [3.8, 4) is 0 Å². The van der Waals surface area contributed by atoms with Gasteiger partial charge in [0.2, 0.25) is 0 Å². The lowest BCUT2D eigenvalue weighted by Gasteiger charge is -2.42. The van der Waals surface area contributed by atoms with Crippen LogP contribution in [0.3, 0.4) is 0 Å². The number of para-hydroxylation sites is 1. The van der Waals surface area contributed by atoms with Crippen LogP contribution in [0.25, 0.3) is 0 Å². The second-order valence-corrected chi connectivity index (χ2v) is 4.31. The van der Waals surface area contributed by atoms with Gasteiger partial charge in [-0.2, -0.15) is 0 Å². The van der Waals surface area contributed by atoms with E-state index in [-0.39, 0.29) is 11.5 Å². The van der Waals surface area contributed by atoms with Gasteiger partial charge in [0.25, 0.3) is 0 Å². The molecule has 2 rings (SSSR count). The molecule has 1 heterocycles. The first-order chi connectivity index (χ1) is 7.24. The molecule has 82 valence electrons. The van der Waals surface area contributed by atoms with Crippen molar-refractivity contribution in [2.45, 2.75) is 38.2 Å². The Morgan fingerprint density at radius 2 is 2.00 bits per heavy atom. The highest BCUT2D eigenvalue weighted by molar-refractivity contribution is 5.57. The van der Waals surface area contributed by atoms with Crippen LogP contribution in [0, 0.1) is 0 Å². The average molecular weight is 205 g/mol. The number of anilines is 1. The predicted molar refractivity (Wildman–Crippen MR) is 63.2 cm³/mol. The third-order valence-electron chi connectivity index (χ3n) is 3.85. The number of rotatable bonds is 2. The van der Waals surface area contributed by atoms with Gasteiger partial charge in [0.05, 0.1) is 6.10 Å². The Bertz CT molecular complexity index is 344. The second kappa shape index (κ2) is 3.86. The molecular weight excluding hydrogens is 186 g/mol. The van der Waals surface area contributed by atoms with Gasteiger partial charge < -0.3 is 10.4 Å². The number of β-amino-alcohol motifs (C(OH)–C–C–N with tert-alkyl or cyclic N) is 1. The fraction of sp³-hybridized carbons (Fsp3) is 0.538. The number of hydrogen-bond donors (Lipinski definition) is 2. The molecule has 0 fully saturated rings. The van der Waals surface area contributed by atoms with Crippen LogP contribution in [0.4, 0.5) is 5.69 Å². The summed E-state index contributed by atoms with van der Waals surface area (Å²) in [5, 5.41) is 13.5. The van der Waals surface area contributed by atoms with E-state index in [1.54, 1.807) is 0 Å². The van der Waals surface area contributed by atoms with Crippen LogP contribution in [-0.2, 0) is 5.41 Å². The zero-order valence-electron chi connectivity index (χ0n) is 9.46. The summed E-state index contributed by atoms with van der Waals surface area (Å²) >= 11 is 0. The quantitative estimate of drug-likeness (QED) is 0.777. The first-order valence-electron chi connectivity index (χ1n) is 5.76. The van der Waals surface area contributed by atoms with Crippen molar-refractivity contribution in [2.24, 2.45) is 0 Å². The molecule has 0 saturated heterocycles. The van der Waals surface area contributed by atoms with E-state index in [1.165, 1.54) is 11.3 Å². The molecule has 2 N–H and O–H groups in total. The Morgan fingerprint density at radius 3 is 2.67 bits per heavy atom. The maximum Gasteiger partial charge on any atom is 0.0809 e. The highest BCUT2D eigenvalue weighted by Crippen LogP contribution is 2.42. The standard InChI is InChI=1S/C13H19NO/c1-3-13(4-2)10-7-5-6-8-11(10)14-9-12(13)15/h5-8,12,14-15H,3-4,9H2,1-2H3. The monoisotopic (exact) mass is 205 g/mol. The summed E-state index contributed by atoms with van der Waals surface area (Å²) in [5.74, 6) is 0. The molecule has 1 aliphatic heterocycles. The summed E-state index contributed by atoms with van der Waals surface area (Å²) < 4.78 is 0. The molecule has 2 heteroatoms. The minimum Gasteiger partial charge on any atom is -0.390 e. The van der Waals surface area contributed by atoms with Crippen molar-refractivity contribution in [3.05, 3.63) is 29.8 Å². The van der Waals surface area contributed by atoms with Crippen molar-refractivity contribution in [1.29, 1.82) is 0 Å². The lowest BCUT2D eigenvalue weighted by molar-refractivity contribution is 0.0798. The molecule has 0 amide bonds. The first kappa shape index (κ1) is 10.5. The lowest BCUT2D eigenvalue weighted by atomic mass is 9.69. The van der Waals surface area contributed by atoms with Crippen LogP contribution < -0.4 is 5.32 Å². The first-order valence-corrected chi connectivity index (χ1v) is 5.76. The minimum absolute atomic E-state index is 0.0537. The second-order valence-electron chi connectivity index (χ2n) is 4.31. The largest absolute Gasteiger partial charge is 0.390 e. The Balaban J connectivity index is 2.54. The Morgan fingerprint density at radius 1 is 1.33 bits per heavy atom. The highest BCUT2D eigenvalue weighted by atomic mass is 16.3. The predicted octanol–water partition coefficient (Wildman–Crippen LogP) is 2.53. The molecule has 0 aliphatic carbocycles. The number of aliphatic hydroxyl groups excluding tert-OH is 1. The topological polar surface area (TPSA) is 32.3 Å². The molecule has 1 aromatic carbocycles. The summed E-state index contributed by atoms with van der Waals surface area (Å²) in [6, 6.07) is 8.33. The normalized spacial score (nSPS) is 23.0. The summed E-state index contributed by atoms with van der Waals surface area (Å²) in [4.78, 5) is 0. The van der Waals surface area contributed by atoms with Gasteiger partial charge in [-0.05, 0) is 24.5 Å². The van der Waals surface area contributed by atoms with Crippen molar-refractivity contribution < 1.29 is 5.11 Å². The maximum atomic E-state index is 10.2. The van der Waals surface area contributed by atoms with Crippen molar-refractivity contribution >= 4 is 5.69 Å². The van der Waals surface area contributed by atoms with Crippen LogP contribution in [-0.4, -0.2) is 17.8 Å². The van der Waals surface area contributed by atoms with Gasteiger partial charge in [-0.1, -0.05) is 32.0 Å². The Kier molecular flexibility index (Phi) is 2.70. The van der Waals surface area contributed by atoms with Gasteiger partial charge >= 0.3 is 0 Å². The van der Waals surface area contributed by atoms with Gasteiger partial charge in [-0.3, -0.25) is 0 Å². The van der Waals surface area contributed by atoms with Crippen LogP contribution in [0.2, 0.25) is 0 Å². The Labute approximate surface area is 91.3 Å². The highest BCUT2D eigenvalue weighted by Gasteiger charge is 2.40. The number of fused-ring (bicyclic) bond motifs is 1. The number of aliphatic hydroxyl groups is 1. The summed E-state index contributed by atoms with van der Waals surface area (Å²) in [6.07, 6.45) is 1.70. The summed E-state index contributed by atoms with van der Waals surface area (Å²) in [5.41, 5.74) is 2.40. The molecule has 0 saturated carbocycles. The Hall–Kier alpha value is -1.02. The lowest BCUT2D eigenvalue weighted by Crippen LogP contribution is -2.46. The van der Waals surface area contributed by atoms with Crippen molar-refractivity contribution in [1.82, 2.24) is 0 Å². The van der Waals surface area contributed by atoms with Crippen molar-refractivity contribution in [3.63, 3.8) is 0 Å². The van der Waals surface area contributed by atoms with E-state index in [0.29, 0.717) is 6.54 Å². The molecule has 0 bridgehead atoms. The number of hydrogen-bond acceptors (Lipinski definition) is 2. The minimum atomic E-state index is -0.276. The van der Waals surface area contributed by atoms with Gasteiger partial charge in [-0.15, -0.1) is 0 Å². The van der Waals surface area contributed by atoms with Crippen LogP contribution in [0.1, 0.15) is 32.3 Å². The zero-order chi connectivity index (χ0) is 10.9. The van der Waals surface area contributed by atoms with Crippen LogP contribution >= 0.6 is 0 Å². The van der Waals surface area contributed by atoms with E-state index in [2.05, 4.69) is 37.4 Å².